The Balaban J connectivity index is 2.12. The van der Waals surface area contributed by atoms with Crippen molar-refractivity contribution in [3.8, 4) is 11.8 Å². The average molecular weight is 308 g/mol. The second-order valence-electron chi connectivity index (χ2n) is 4.36. The van der Waals surface area contributed by atoms with Crippen molar-refractivity contribution in [1.82, 2.24) is 9.55 Å². The molecule has 116 valence electrons. The zero-order valence-electron chi connectivity index (χ0n) is 11.3. The fourth-order valence-electron chi connectivity index (χ4n) is 2.05. The first-order valence-corrected chi connectivity index (χ1v) is 6.32. The van der Waals surface area contributed by atoms with E-state index in [1.807, 2.05) is 0 Å². The van der Waals surface area contributed by atoms with Crippen molar-refractivity contribution >= 4 is 0 Å². The molecular weight excluding hydrogens is 296 g/mol. The van der Waals surface area contributed by atoms with Gasteiger partial charge in [0.1, 0.15) is 24.2 Å². The van der Waals surface area contributed by atoms with E-state index in [-0.39, 0.29) is 25.1 Å². The van der Waals surface area contributed by atoms with Crippen molar-refractivity contribution in [2.24, 2.45) is 5.28 Å². The summed E-state index contributed by atoms with van der Waals surface area (Å²) in [4.78, 5) is 32.6. The van der Waals surface area contributed by atoms with Crippen LogP contribution in [0.25, 0.3) is 10.4 Å². The molecule has 2 rings (SSSR count). The minimum atomic E-state index is -0.710. The standard InChI is InChI=1S/C11H12N6O5/c12-3-4-20-8-5-17(11(19)14-10(8)18)9-2-1-7(22-9)6-21-16-15-13/h5,7,9H,1-2,4,6H2,(H,14,18,19)/t7-,9+/m0/s1. The van der Waals surface area contributed by atoms with E-state index in [9.17, 15) is 9.59 Å². The lowest BCUT2D eigenvalue weighted by molar-refractivity contribution is -0.0433. The van der Waals surface area contributed by atoms with Crippen molar-refractivity contribution in [2.45, 2.75) is 25.2 Å². The van der Waals surface area contributed by atoms with Crippen LogP contribution in [0.5, 0.6) is 5.75 Å². The molecule has 1 aromatic heterocycles. The van der Waals surface area contributed by atoms with E-state index in [1.165, 1.54) is 10.8 Å². The number of hydrogen-bond acceptors (Lipinski definition) is 7. The third kappa shape index (κ3) is 3.57. The summed E-state index contributed by atoms with van der Waals surface area (Å²) in [6, 6.07) is 1.73. The first-order chi connectivity index (χ1) is 10.7. The molecule has 1 aliphatic heterocycles. The van der Waals surface area contributed by atoms with Gasteiger partial charge in [0, 0.05) is 4.91 Å². The molecule has 0 unspecified atom stereocenters. The summed E-state index contributed by atoms with van der Waals surface area (Å²) < 4.78 is 11.7. The van der Waals surface area contributed by atoms with Crippen LogP contribution in [-0.2, 0) is 9.57 Å². The highest BCUT2D eigenvalue weighted by Crippen LogP contribution is 2.27. The Labute approximate surface area is 123 Å². The molecule has 1 aliphatic rings. The smallest absolute Gasteiger partial charge is 0.330 e. The Morgan fingerprint density at radius 2 is 2.41 bits per heavy atom. The molecule has 1 aromatic rings. The number of nitriles is 1. The summed E-state index contributed by atoms with van der Waals surface area (Å²) in [6.07, 6.45) is 1.37. The molecule has 22 heavy (non-hydrogen) atoms. The Hall–Kier alpha value is -2.96. The van der Waals surface area contributed by atoms with Crippen molar-refractivity contribution in [3.63, 3.8) is 0 Å². The van der Waals surface area contributed by atoms with Crippen LogP contribution in [0.3, 0.4) is 0 Å². The van der Waals surface area contributed by atoms with Crippen LogP contribution in [0.2, 0.25) is 0 Å². The molecule has 2 heterocycles. The van der Waals surface area contributed by atoms with E-state index in [0.717, 1.165) is 0 Å². The number of ether oxygens (including phenoxy) is 2. The van der Waals surface area contributed by atoms with E-state index >= 15 is 0 Å². The van der Waals surface area contributed by atoms with Gasteiger partial charge in [0.2, 0.25) is 5.75 Å². The highest BCUT2D eigenvalue weighted by Gasteiger charge is 2.28. The Morgan fingerprint density at radius 1 is 1.59 bits per heavy atom. The van der Waals surface area contributed by atoms with Gasteiger partial charge in [0.25, 0.3) is 5.56 Å². The molecule has 2 atom stereocenters. The SMILES string of the molecule is N#CCOc1cn([C@H]2CC[C@@H](CON=[N+]=[N-])O2)c(=O)[nH]c1=O. The largest absolute Gasteiger partial charge is 0.471 e. The molecule has 11 heteroatoms. The zero-order chi connectivity index (χ0) is 15.9. The van der Waals surface area contributed by atoms with Crippen molar-refractivity contribution in [1.29, 1.82) is 5.26 Å². The number of hydrogen-bond donors (Lipinski definition) is 1. The lowest BCUT2D eigenvalue weighted by Gasteiger charge is -2.15. The molecule has 0 spiro atoms. The summed E-state index contributed by atoms with van der Waals surface area (Å²) >= 11 is 0. The van der Waals surface area contributed by atoms with Gasteiger partial charge < -0.3 is 14.3 Å². The van der Waals surface area contributed by atoms with Crippen molar-refractivity contribution < 1.29 is 14.3 Å². The van der Waals surface area contributed by atoms with E-state index in [0.29, 0.717) is 12.8 Å². The van der Waals surface area contributed by atoms with Gasteiger partial charge in [-0.3, -0.25) is 14.3 Å². The van der Waals surface area contributed by atoms with Crippen LogP contribution in [0.15, 0.2) is 21.1 Å². The van der Waals surface area contributed by atoms with Gasteiger partial charge in [-0.2, -0.15) is 5.26 Å². The lowest BCUT2D eigenvalue weighted by atomic mass is 10.2. The second-order valence-corrected chi connectivity index (χ2v) is 4.36. The maximum Gasteiger partial charge on any atom is 0.330 e. The van der Waals surface area contributed by atoms with Crippen LogP contribution in [0.4, 0.5) is 0 Å². The van der Waals surface area contributed by atoms with Gasteiger partial charge in [-0.05, 0) is 18.4 Å². The lowest BCUT2D eigenvalue weighted by Crippen LogP contribution is -2.33. The fraction of sp³-hybridized carbons (Fsp3) is 0.545. The summed E-state index contributed by atoms with van der Waals surface area (Å²) in [5, 5.41) is 11.4. The predicted molar refractivity (Wildman–Crippen MR) is 70.7 cm³/mol. The van der Waals surface area contributed by atoms with Crippen molar-refractivity contribution in [2.75, 3.05) is 13.2 Å². The number of azide groups is 1. The number of aromatic nitrogens is 2. The third-order valence-corrected chi connectivity index (χ3v) is 2.98. The van der Waals surface area contributed by atoms with Crippen LogP contribution < -0.4 is 16.0 Å². The predicted octanol–water partition coefficient (Wildman–Crippen LogP) is 0.358. The monoisotopic (exact) mass is 308 g/mol. The first kappa shape index (κ1) is 15.4. The highest BCUT2D eigenvalue weighted by molar-refractivity contribution is 5.13. The van der Waals surface area contributed by atoms with Crippen LogP contribution in [0.1, 0.15) is 19.1 Å². The van der Waals surface area contributed by atoms with E-state index in [1.54, 1.807) is 6.07 Å². The quantitative estimate of drug-likeness (QED) is 0.346. The number of aromatic amines is 1. The van der Waals surface area contributed by atoms with Gasteiger partial charge >= 0.3 is 5.69 Å². The minimum absolute atomic E-state index is 0.0659. The summed E-state index contributed by atoms with van der Waals surface area (Å²) in [6.45, 7) is -0.244. The highest BCUT2D eigenvalue weighted by atomic mass is 16.7. The van der Waals surface area contributed by atoms with Gasteiger partial charge in [-0.25, -0.2) is 4.79 Å². The zero-order valence-corrected chi connectivity index (χ0v) is 11.3. The number of nitrogens with one attached hydrogen (secondary N) is 1. The molecule has 1 saturated heterocycles. The summed E-state index contributed by atoms with van der Waals surface area (Å²) in [7, 11) is 0. The average Bonchev–Trinajstić information content (AvgIpc) is 2.95. The molecular formula is C11H12N6O5. The van der Waals surface area contributed by atoms with Gasteiger partial charge in [0.05, 0.1) is 12.3 Å². The van der Waals surface area contributed by atoms with Crippen LogP contribution in [-0.4, -0.2) is 28.9 Å². The fourth-order valence-corrected chi connectivity index (χ4v) is 2.05. The van der Waals surface area contributed by atoms with E-state index in [4.69, 9.17) is 20.3 Å². The summed E-state index contributed by atoms with van der Waals surface area (Å²) in [5.41, 5.74) is 6.76. The topological polar surface area (TPSA) is 155 Å². The molecule has 0 radical (unpaired) electrons. The molecule has 0 amide bonds. The molecule has 0 saturated carbocycles. The Morgan fingerprint density at radius 3 is 3.14 bits per heavy atom. The molecule has 0 aliphatic carbocycles. The van der Waals surface area contributed by atoms with Gasteiger partial charge in [0.15, 0.2) is 6.61 Å². The van der Waals surface area contributed by atoms with Crippen LogP contribution in [0, 0.1) is 11.3 Å². The number of H-pyrrole nitrogens is 1. The second kappa shape index (κ2) is 7.16. The normalized spacial score (nSPS) is 20.0. The molecule has 11 nitrogen and oxygen atoms in total. The Bertz CT molecular complexity index is 728. The number of nitrogens with zero attached hydrogens (tertiary/aromatic N) is 5. The van der Waals surface area contributed by atoms with Crippen molar-refractivity contribution in [3.05, 3.63) is 37.5 Å². The van der Waals surface area contributed by atoms with E-state index < -0.39 is 17.5 Å². The number of rotatable bonds is 6. The minimum Gasteiger partial charge on any atom is -0.471 e. The maximum atomic E-state index is 11.8. The third-order valence-electron chi connectivity index (χ3n) is 2.98. The maximum absolute atomic E-state index is 11.8. The molecule has 1 N–H and O–H groups in total. The van der Waals surface area contributed by atoms with Gasteiger partial charge in [-0.1, -0.05) is 0 Å². The first-order valence-electron chi connectivity index (χ1n) is 6.32. The summed E-state index contributed by atoms with van der Waals surface area (Å²) in [5.74, 6) is -0.140. The van der Waals surface area contributed by atoms with Crippen LogP contribution >= 0.6 is 0 Å². The molecule has 0 bridgehead atoms. The van der Waals surface area contributed by atoms with E-state index in [2.05, 4.69) is 20.0 Å². The molecule has 1 fully saturated rings. The molecule has 0 aromatic carbocycles. The Kier molecular flexibility index (Phi) is 5.02. The van der Waals surface area contributed by atoms with Gasteiger partial charge in [-0.15, -0.1) is 0 Å².